The lowest BCUT2D eigenvalue weighted by atomic mass is 10.2. The molecule has 2 aliphatic rings. The number of rotatable bonds is 15. The van der Waals surface area contributed by atoms with Crippen molar-refractivity contribution in [3.8, 4) is 34.3 Å². The highest BCUT2D eigenvalue weighted by Crippen LogP contribution is 2.37. The number of carbonyl (C=O) groups excluding carboxylic acids is 3. The Kier molecular flexibility index (Phi) is 18.3. The molecule has 0 saturated heterocycles. The van der Waals surface area contributed by atoms with Gasteiger partial charge >= 0.3 is 24.3 Å². The minimum atomic E-state index is -4.87. The lowest BCUT2D eigenvalue weighted by Crippen LogP contribution is -2.38. The first-order valence-electron chi connectivity index (χ1n) is 26.5. The Morgan fingerprint density at radius 3 is 1.56 bits per heavy atom. The second kappa shape index (κ2) is 25.4. The third kappa shape index (κ3) is 16.4. The number of nitrogen functional groups attached to an aromatic ring is 1. The average molecular weight is 1160 g/mol. The molecule has 26 heteroatoms. The monoisotopic (exact) mass is 1160 g/mol. The van der Waals surface area contributed by atoms with E-state index < -0.39 is 52.8 Å². The summed E-state index contributed by atoms with van der Waals surface area (Å²) in [7, 11) is 0. The highest BCUT2D eigenvalue weighted by Gasteiger charge is 2.39. The van der Waals surface area contributed by atoms with Crippen LogP contribution in [0.4, 0.5) is 45.8 Å². The molecular formula is C58H63F3N12O11. The molecule has 0 spiro atoms. The Labute approximate surface area is 479 Å². The SMILES string of the molecule is CC(C)(C)OC(=O)N(CC1CC1)c1cc(-c2nc(C(=O)Nc3cn(-c4cccc(CO)c4)nc3C(F)(F)F)co2)ccn1.CC(C)(C)OC(=O)N(CC1CC1)c1cc(-c2nc(C(=O)O)co2)ccn1.Cc1nn(-c2cccc(CO)c2)cc1N. The van der Waals surface area contributed by atoms with Crippen molar-refractivity contribution in [2.45, 2.75) is 105 Å². The maximum atomic E-state index is 13.8. The predicted octanol–water partition coefficient (Wildman–Crippen LogP) is 10.7. The van der Waals surface area contributed by atoms with E-state index in [0.29, 0.717) is 58.9 Å². The smallest absolute Gasteiger partial charge is 0.437 e. The summed E-state index contributed by atoms with van der Waals surface area (Å²) in [6, 6.07) is 20.1. The van der Waals surface area contributed by atoms with Gasteiger partial charge in [-0.2, -0.15) is 23.4 Å². The molecule has 2 fully saturated rings. The van der Waals surface area contributed by atoms with Crippen LogP contribution in [0.2, 0.25) is 0 Å². The normalized spacial score (nSPS) is 13.2. The van der Waals surface area contributed by atoms with Crippen LogP contribution in [0, 0.1) is 18.8 Å². The van der Waals surface area contributed by atoms with Gasteiger partial charge in [-0.15, -0.1) is 0 Å². The number of carboxylic acids is 1. The van der Waals surface area contributed by atoms with Crippen molar-refractivity contribution in [1.29, 1.82) is 0 Å². The van der Waals surface area contributed by atoms with E-state index in [-0.39, 0.29) is 42.1 Å². The summed E-state index contributed by atoms with van der Waals surface area (Å²) >= 11 is 0. The molecule has 2 aromatic carbocycles. The lowest BCUT2D eigenvalue weighted by Gasteiger charge is -2.27. The minimum absolute atomic E-state index is 0.00285. The molecule has 8 aromatic rings. The first-order chi connectivity index (χ1) is 39.7. The number of hydrogen-bond acceptors (Lipinski definition) is 17. The van der Waals surface area contributed by atoms with Gasteiger partial charge in [-0.1, -0.05) is 24.3 Å². The Bertz CT molecular complexity index is 3610. The number of aliphatic hydroxyl groups excluding tert-OH is 2. The van der Waals surface area contributed by atoms with Crippen molar-refractivity contribution in [2.24, 2.45) is 11.8 Å². The van der Waals surface area contributed by atoms with Crippen LogP contribution >= 0.6 is 0 Å². The molecule has 0 bridgehead atoms. The van der Waals surface area contributed by atoms with E-state index in [0.717, 1.165) is 66.0 Å². The maximum Gasteiger partial charge on any atom is 0.437 e. The van der Waals surface area contributed by atoms with Crippen LogP contribution in [-0.2, 0) is 28.9 Å². The van der Waals surface area contributed by atoms with E-state index in [1.807, 2.05) is 52.0 Å². The van der Waals surface area contributed by atoms with Gasteiger partial charge in [0.15, 0.2) is 17.1 Å². The zero-order chi connectivity index (χ0) is 60.7. The van der Waals surface area contributed by atoms with Gasteiger partial charge in [0.25, 0.3) is 5.91 Å². The number of nitrogens with zero attached hydrogens (tertiary/aromatic N) is 10. The average Bonchev–Trinajstić information content (AvgIpc) is 3.84. The van der Waals surface area contributed by atoms with Crippen LogP contribution in [0.5, 0.6) is 0 Å². The van der Waals surface area contributed by atoms with E-state index in [1.165, 1.54) is 34.3 Å². The second-order valence-corrected chi connectivity index (χ2v) is 21.8. The number of anilines is 4. The molecule has 0 radical (unpaired) electrons. The lowest BCUT2D eigenvalue weighted by molar-refractivity contribution is -0.140. The molecule has 2 aliphatic carbocycles. The number of hydrogen-bond donors (Lipinski definition) is 5. The number of alkyl halides is 3. The molecule has 0 unspecified atom stereocenters. The van der Waals surface area contributed by atoms with Crippen LogP contribution in [-0.4, -0.2) is 103 Å². The highest BCUT2D eigenvalue weighted by atomic mass is 19.4. The number of aliphatic hydroxyl groups is 2. The Hall–Kier alpha value is -9.43. The van der Waals surface area contributed by atoms with E-state index in [2.05, 4.69) is 35.5 Å². The third-order valence-corrected chi connectivity index (χ3v) is 12.4. The molecular weight excluding hydrogens is 1100 g/mol. The molecule has 0 aliphatic heterocycles. The second-order valence-electron chi connectivity index (χ2n) is 21.8. The topological polar surface area (TPSA) is 305 Å². The number of ether oxygens (including phenoxy) is 2. The van der Waals surface area contributed by atoms with Crippen molar-refractivity contribution in [2.75, 3.05) is 33.9 Å². The molecule has 84 heavy (non-hydrogen) atoms. The van der Waals surface area contributed by atoms with Crippen LogP contribution in [0.25, 0.3) is 34.3 Å². The van der Waals surface area contributed by atoms with Gasteiger partial charge in [0, 0.05) is 36.6 Å². The van der Waals surface area contributed by atoms with Crippen molar-refractivity contribution in [3.05, 3.63) is 144 Å². The van der Waals surface area contributed by atoms with Crippen LogP contribution in [0.1, 0.15) is 111 Å². The summed E-state index contributed by atoms with van der Waals surface area (Å²) in [5.74, 6) is -0.485. The standard InChI is InChI=1S/C29H29F3N6O5.C18H21N3O5.C11H13N3O/c1-28(2,3)43-27(41)37(13-17-7-8-17)23-12-19(9-10-33-23)26-35-22(16-42-26)25(40)34-21-14-38(36-24(21)29(30,31)32)20-6-4-5-18(11-20)15-39;1-18(2,3)26-17(24)21(9-11-4-5-11)14-8-12(6-7-19-14)15-20-13(10-25-15)16(22)23;1-8-11(12)6-14(13-8)10-4-2-3-9(5-10)7-15/h4-6,9-12,14,16-17,39H,7-8,13,15H2,1-3H3,(H,34,40);6-8,10-11H,4-5,9H2,1-3H3,(H,22,23);2-6,15H,7,12H2,1H3. The number of oxazole rings is 2. The number of carbonyl (C=O) groups is 4. The van der Waals surface area contributed by atoms with Gasteiger partial charge in [-0.3, -0.25) is 14.6 Å². The predicted molar refractivity (Wildman–Crippen MR) is 300 cm³/mol. The van der Waals surface area contributed by atoms with Gasteiger partial charge in [-0.05, 0) is 146 Å². The largest absolute Gasteiger partial charge is 0.476 e. The van der Waals surface area contributed by atoms with Crippen LogP contribution in [0.15, 0.2) is 119 Å². The highest BCUT2D eigenvalue weighted by molar-refractivity contribution is 6.03. The number of nitrogens with two attached hydrogens (primary N) is 1. The number of benzene rings is 2. The maximum absolute atomic E-state index is 13.8. The number of amides is 3. The summed E-state index contributed by atoms with van der Waals surface area (Å²) in [6.45, 7) is 13.3. The number of aromatic nitrogens is 8. The van der Waals surface area contributed by atoms with Gasteiger partial charge < -0.3 is 44.7 Å². The zero-order valence-corrected chi connectivity index (χ0v) is 47.0. The first-order valence-corrected chi connectivity index (χ1v) is 26.5. The van der Waals surface area contributed by atoms with Gasteiger partial charge in [0.2, 0.25) is 11.8 Å². The van der Waals surface area contributed by atoms with Gasteiger partial charge in [0.05, 0.1) is 54.1 Å². The summed E-state index contributed by atoms with van der Waals surface area (Å²) in [5, 5.41) is 37.4. The number of aryl methyl sites for hydroxylation is 1. The summed E-state index contributed by atoms with van der Waals surface area (Å²) in [6.07, 6.45) is 6.10. The van der Waals surface area contributed by atoms with Crippen molar-refractivity contribution in [1.82, 2.24) is 39.5 Å². The van der Waals surface area contributed by atoms with Crippen LogP contribution in [0.3, 0.4) is 0 Å². The zero-order valence-electron chi connectivity index (χ0n) is 47.0. The van der Waals surface area contributed by atoms with E-state index >= 15 is 0 Å². The molecule has 23 nitrogen and oxygen atoms in total. The molecule has 6 aromatic heterocycles. The van der Waals surface area contributed by atoms with Crippen molar-refractivity contribution < 1.29 is 66.0 Å². The fraction of sp³-hybridized carbons (Fsp3) is 0.345. The van der Waals surface area contributed by atoms with Crippen LogP contribution < -0.4 is 20.9 Å². The van der Waals surface area contributed by atoms with E-state index in [1.54, 1.807) is 68.0 Å². The summed E-state index contributed by atoms with van der Waals surface area (Å²) in [5.41, 5.74) is 6.93. The molecule has 10 rings (SSSR count). The fourth-order valence-corrected chi connectivity index (χ4v) is 7.88. The third-order valence-electron chi connectivity index (χ3n) is 12.4. The molecule has 6 N–H and O–H groups in total. The first kappa shape index (κ1) is 60.7. The molecule has 0 atom stereocenters. The van der Waals surface area contributed by atoms with E-state index in [4.69, 9.17) is 34.3 Å². The quantitative estimate of drug-likeness (QED) is 0.0637. The molecule has 442 valence electrons. The van der Waals surface area contributed by atoms with Crippen molar-refractivity contribution in [3.63, 3.8) is 0 Å². The number of nitrogens with one attached hydrogen (secondary N) is 1. The number of halogens is 3. The molecule has 6 heterocycles. The molecule has 3 amide bonds. The Morgan fingerprint density at radius 2 is 1.15 bits per heavy atom. The fourth-order valence-electron chi connectivity index (χ4n) is 7.88. The number of carboxylic acid groups (broad SMARTS) is 1. The van der Waals surface area contributed by atoms with Gasteiger partial charge in [0.1, 0.15) is 35.4 Å². The number of pyridine rings is 2. The van der Waals surface area contributed by atoms with Crippen molar-refractivity contribution >= 4 is 47.1 Å². The minimum Gasteiger partial charge on any atom is -0.476 e. The van der Waals surface area contributed by atoms with Gasteiger partial charge in [-0.25, -0.2) is 43.7 Å². The Balaban J connectivity index is 0.000000188. The molecule has 2 saturated carbocycles. The Morgan fingerprint density at radius 1 is 0.690 bits per heavy atom. The summed E-state index contributed by atoms with van der Waals surface area (Å²) < 4.78 is 65.8. The summed E-state index contributed by atoms with van der Waals surface area (Å²) in [4.78, 5) is 69.1. The number of aromatic carboxylic acids is 1. The van der Waals surface area contributed by atoms with E-state index in [9.17, 15) is 37.5 Å².